The van der Waals surface area contributed by atoms with E-state index in [2.05, 4.69) is 39.6 Å². The van der Waals surface area contributed by atoms with Gasteiger partial charge in [-0.25, -0.2) is 4.79 Å². The number of urea groups is 1. The van der Waals surface area contributed by atoms with E-state index < -0.39 is 0 Å². The Morgan fingerprint density at radius 3 is 2.58 bits per heavy atom. The molecule has 0 aromatic heterocycles. The van der Waals surface area contributed by atoms with Gasteiger partial charge in [-0.1, -0.05) is 22.0 Å². The van der Waals surface area contributed by atoms with Crippen LogP contribution in [0.2, 0.25) is 0 Å². The Hall–Kier alpha value is -2.54. The second kappa shape index (κ2) is 8.91. The molecule has 7 heteroatoms. The van der Waals surface area contributed by atoms with Crippen molar-refractivity contribution in [3.05, 3.63) is 51.5 Å². The van der Waals surface area contributed by atoms with Gasteiger partial charge in [0.15, 0.2) is 0 Å². The lowest BCUT2D eigenvalue weighted by molar-refractivity contribution is -0.121. The van der Waals surface area contributed by atoms with Gasteiger partial charge in [-0.3, -0.25) is 4.79 Å². The van der Waals surface area contributed by atoms with Gasteiger partial charge in [-0.05, 0) is 74.4 Å². The molecule has 1 heterocycles. The fourth-order valence-corrected chi connectivity index (χ4v) is 5.18. The number of rotatable bonds is 4. The third-order valence-electron chi connectivity index (χ3n) is 6.45. The van der Waals surface area contributed by atoms with E-state index >= 15 is 0 Å². The molecule has 0 atom stereocenters. The largest absolute Gasteiger partial charge is 0.496 e. The molecule has 3 amide bonds. The van der Waals surface area contributed by atoms with Crippen LogP contribution in [0, 0.1) is 19.8 Å². The van der Waals surface area contributed by atoms with Gasteiger partial charge in [-0.15, -0.1) is 0 Å². The Morgan fingerprint density at radius 1 is 1.13 bits per heavy atom. The van der Waals surface area contributed by atoms with Crippen molar-refractivity contribution in [1.82, 2.24) is 4.90 Å². The summed E-state index contributed by atoms with van der Waals surface area (Å²) in [6, 6.07) is 9.84. The summed E-state index contributed by atoms with van der Waals surface area (Å²) in [4.78, 5) is 27.5. The number of anilines is 2. The van der Waals surface area contributed by atoms with Crippen molar-refractivity contribution in [3.63, 3.8) is 0 Å². The molecule has 2 aromatic rings. The maximum atomic E-state index is 12.8. The molecule has 0 radical (unpaired) electrons. The zero-order chi connectivity index (χ0) is 22.1. The summed E-state index contributed by atoms with van der Waals surface area (Å²) in [5.74, 6) is 0.764. The van der Waals surface area contributed by atoms with Crippen molar-refractivity contribution in [2.75, 3.05) is 17.7 Å². The highest BCUT2D eigenvalue weighted by Gasteiger charge is 2.34. The van der Waals surface area contributed by atoms with E-state index in [1.54, 1.807) is 7.11 Å². The zero-order valence-corrected chi connectivity index (χ0v) is 19.7. The van der Waals surface area contributed by atoms with Gasteiger partial charge in [0.25, 0.3) is 0 Å². The Kier molecular flexibility index (Phi) is 6.23. The van der Waals surface area contributed by atoms with Crippen LogP contribution in [0.3, 0.4) is 0 Å². The van der Waals surface area contributed by atoms with E-state index in [9.17, 15) is 9.59 Å². The predicted octanol–water partition coefficient (Wildman–Crippen LogP) is 5.62. The maximum absolute atomic E-state index is 12.8. The number of aryl methyl sites for hydroxylation is 2. The lowest BCUT2D eigenvalue weighted by atomic mass is 9.84. The normalized spacial score (nSPS) is 20.6. The second-order valence-electron chi connectivity index (χ2n) is 8.49. The number of fused-ring (bicyclic) bond motifs is 1. The third-order valence-corrected chi connectivity index (χ3v) is 6.91. The Labute approximate surface area is 191 Å². The minimum atomic E-state index is -0.0512. The first-order valence-electron chi connectivity index (χ1n) is 10.7. The van der Waals surface area contributed by atoms with Crippen LogP contribution >= 0.6 is 15.9 Å². The molecule has 0 unspecified atom stereocenters. The first-order chi connectivity index (χ1) is 14.9. The molecule has 31 heavy (non-hydrogen) atoms. The molecule has 0 spiro atoms. The van der Waals surface area contributed by atoms with Gasteiger partial charge in [0.2, 0.25) is 5.91 Å². The number of hydrogen-bond donors (Lipinski definition) is 2. The summed E-state index contributed by atoms with van der Waals surface area (Å²) in [6.45, 7) is 4.66. The monoisotopic (exact) mass is 485 g/mol. The number of carbonyl (C=O) groups excluding carboxylic acids is 2. The molecule has 2 N–H and O–H groups in total. The van der Waals surface area contributed by atoms with E-state index in [4.69, 9.17) is 4.74 Å². The van der Waals surface area contributed by atoms with Crippen LogP contribution in [-0.2, 0) is 11.3 Å². The Balaban J connectivity index is 1.37. The first kappa shape index (κ1) is 21.7. The molecule has 1 fully saturated rings. The molecule has 2 aliphatic rings. The SMILES string of the molecule is COc1cc(NC(=O)C2CCC(N3Cc4c(C)cc(Br)cc4NC3=O)CC2)ccc1C. The minimum absolute atomic E-state index is 0.0403. The summed E-state index contributed by atoms with van der Waals surface area (Å²) in [5.41, 5.74) is 5.00. The average Bonchev–Trinajstić information content (AvgIpc) is 2.74. The standard InChI is InChI=1S/C24H28BrN3O3/c1-14-4-7-18(12-22(14)31-3)26-23(29)16-5-8-19(9-6-16)28-13-20-15(2)10-17(25)11-21(20)27-24(28)30/h4,7,10-12,16,19H,5-6,8-9,13H2,1-3H3,(H,26,29)(H,27,30). The van der Waals surface area contributed by atoms with Crippen LogP contribution in [0.25, 0.3) is 0 Å². The highest BCUT2D eigenvalue weighted by atomic mass is 79.9. The molecule has 0 bridgehead atoms. The van der Waals surface area contributed by atoms with Crippen molar-refractivity contribution in [2.45, 2.75) is 52.1 Å². The van der Waals surface area contributed by atoms with Crippen molar-refractivity contribution in [1.29, 1.82) is 0 Å². The van der Waals surface area contributed by atoms with E-state index in [1.165, 1.54) is 0 Å². The van der Waals surface area contributed by atoms with Crippen LogP contribution < -0.4 is 15.4 Å². The van der Waals surface area contributed by atoms with Gasteiger partial charge in [0.1, 0.15) is 5.75 Å². The topological polar surface area (TPSA) is 70.7 Å². The van der Waals surface area contributed by atoms with Gasteiger partial charge in [0.05, 0.1) is 13.7 Å². The second-order valence-corrected chi connectivity index (χ2v) is 9.40. The number of halogens is 1. The van der Waals surface area contributed by atoms with Gasteiger partial charge in [0, 0.05) is 33.9 Å². The lowest BCUT2D eigenvalue weighted by Gasteiger charge is -2.39. The van der Waals surface area contributed by atoms with Gasteiger partial charge >= 0.3 is 6.03 Å². The van der Waals surface area contributed by atoms with Gasteiger partial charge in [-0.2, -0.15) is 0 Å². The highest BCUT2D eigenvalue weighted by molar-refractivity contribution is 9.10. The lowest BCUT2D eigenvalue weighted by Crippen LogP contribution is -2.47. The molecule has 1 aliphatic carbocycles. The molecule has 2 aromatic carbocycles. The van der Waals surface area contributed by atoms with Crippen LogP contribution in [0.4, 0.5) is 16.2 Å². The van der Waals surface area contributed by atoms with Gasteiger partial charge < -0.3 is 20.3 Å². The first-order valence-corrected chi connectivity index (χ1v) is 11.5. The van der Waals surface area contributed by atoms with Crippen LogP contribution in [0.15, 0.2) is 34.8 Å². The van der Waals surface area contributed by atoms with E-state index in [0.29, 0.717) is 6.54 Å². The summed E-state index contributed by atoms with van der Waals surface area (Å²) < 4.78 is 6.31. The summed E-state index contributed by atoms with van der Waals surface area (Å²) in [6.07, 6.45) is 3.20. The number of amides is 3. The average molecular weight is 486 g/mol. The van der Waals surface area contributed by atoms with Crippen molar-refractivity contribution >= 4 is 39.2 Å². The molecular formula is C24H28BrN3O3. The zero-order valence-electron chi connectivity index (χ0n) is 18.1. The summed E-state index contributed by atoms with van der Waals surface area (Å²) >= 11 is 3.50. The minimum Gasteiger partial charge on any atom is -0.496 e. The molecule has 4 rings (SSSR count). The molecule has 0 saturated heterocycles. The van der Waals surface area contributed by atoms with Crippen molar-refractivity contribution < 1.29 is 14.3 Å². The fraction of sp³-hybridized carbons (Fsp3) is 0.417. The fourth-order valence-electron chi connectivity index (χ4n) is 4.61. The molecule has 164 valence electrons. The maximum Gasteiger partial charge on any atom is 0.322 e. The van der Waals surface area contributed by atoms with Crippen molar-refractivity contribution in [3.8, 4) is 5.75 Å². The number of methoxy groups -OCH3 is 1. The van der Waals surface area contributed by atoms with Crippen LogP contribution in [-0.4, -0.2) is 30.0 Å². The predicted molar refractivity (Wildman–Crippen MR) is 126 cm³/mol. The molecule has 1 saturated carbocycles. The molecule has 1 aliphatic heterocycles. The quantitative estimate of drug-likeness (QED) is 0.590. The number of benzene rings is 2. The number of carbonyl (C=O) groups is 2. The van der Waals surface area contributed by atoms with E-state index in [-0.39, 0.29) is 23.9 Å². The summed E-state index contributed by atoms with van der Waals surface area (Å²) in [5, 5.41) is 6.06. The van der Waals surface area contributed by atoms with Crippen LogP contribution in [0.1, 0.15) is 42.4 Å². The third kappa shape index (κ3) is 4.56. The van der Waals surface area contributed by atoms with Crippen molar-refractivity contribution in [2.24, 2.45) is 5.92 Å². The van der Waals surface area contributed by atoms with Crippen LogP contribution in [0.5, 0.6) is 5.75 Å². The number of nitrogens with zero attached hydrogens (tertiary/aromatic N) is 1. The molecule has 6 nitrogen and oxygen atoms in total. The van der Waals surface area contributed by atoms with E-state index in [0.717, 1.165) is 64.0 Å². The van der Waals surface area contributed by atoms with E-state index in [1.807, 2.05) is 36.1 Å². The summed E-state index contributed by atoms with van der Waals surface area (Å²) in [7, 11) is 1.63. The Bertz CT molecular complexity index is 1020. The smallest absolute Gasteiger partial charge is 0.322 e. The number of hydrogen-bond acceptors (Lipinski definition) is 3. The number of ether oxygens (including phenoxy) is 1. The Morgan fingerprint density at radius 2 is 1.87 bits per heavy atom. The number of nitrogens with one attached hydrogen (secondary N) is 2. The molecular weight excluding hydrogens is 458 g/mol. The highest BCUT2D eigenvalue weighted by Crippen LogP contribution is 2.35.